The van der Waals surface area contributed by atoms with Gasteiger partial charge in [0.25, 0.3) is 0 Å². The summed E-state index contributed by atoms with van der Waals surface area (Å²) in [6.07, 6.45) is 9.09. The molecule has 0 saturated carbocycles. The summed E-state index contributed by atoms with van der Waals surface area (Å²) in [5, 5.41) is 9.34. The quantitative estimate of drug-likeness (QED) is 0.412. The van der Waals surface area contributed by atoms with E-state index in [0.29, 0.717) is 6.61 Å². The summed E-state index contributed by atoms with van der Waals surface area (Å²) in [4.78, 5) is 0. The molecule has 3 heteroatoms. The molecule has 0 rings (SSSR count). The van der Waals surface area contributed by atoms with E-state index in [1.165, 1.54) is 64.6 Å². The van der Waals surface area contributed by atoms with Gasteiger partial charge in [0.05, 0.1) is 26.2 Å². The smallest absolute Gasteiger partial charge is 0.102 e. The minimum Gasteiger partial charge on any atom is -1.00 e. The Morgan fingerprint density at radius 2 is 1.11 bits per heavy atom. The molecule has 0 aromatic carbocycles. The van der Waals surface area contributed by atoms with E-state index in [1.54, 1.807) is 0 Å². The SMILES string of the molecule is CCCCC[N+](CCO)(CCCC)CCCC.[Br-]. The van der Waals surface area contributed by atoms with Crippen LogP contribution < -0.4 is 17.0 Å². The van der Waals surface area contributed by atoms with Gasteiger partial charge in [-0.1, -0.05) is 40.0 Å². The molecule has 0 aliphatic carbocycles. The molecule has 0 spiro atoms. The van der Waals surface area contributed by atoms with Gasteiger partial charge in [-0.2, -0.15) is 0 Å². The minimum atomic E-state index is 0. The summed E-state index contributed by atoms with van der Waals surface area (Å²) in [6.45, 7) is 11.9. The van der Waals surface area contributed by atoms with Crippen LogP contribution in [-0.2, 0) is 0 Å². The molecule has 0 heterocycles. The second-order valence-corrected chi connectivity index (χ2v) is 5.37. The van der Waals surface area contributed by atoms with Crippen molar-refractivity contribution in [2.45, 2.75) is 65.7 Å². The second kappa shape index (κ2) is 13.8. The first kappa shape index (κ1) is 20.7. The third-order valence-electron chi connectivity index (χ3n) is 3.78. The molecule has 0 saturated heterocycles. The number of hydrogen-bond acceptors (Lipinski definition) is 1. The highest BCUT2D eigenvalue weighted by atomic mass is 79.9. The third-order valence-corrected chi connectivity index (χ3v) is 3.78. The molecule has 0 bridgehead atoms. The normalized spacial score (nSPS) is 11.3. The Labute approximate surface area is 125 Å². The Morgan fingerprint density at radius 1 is 0.667 bits per heavy atom. The molecular formula is C15H34BrNO. The highest BCUT2D eigenvalue weighted by Gasteiger charge is 2.24. The predicted molar refractivity (Wildman–Crippen MR) is 76.2 cm³/mol. The lowest BCUT2D eigenvalue weighted by atomic mass is 10.1. The number of halogens is 1. The number of rotatable bonds is 12. The van der Waals surface area contributed by atoms with Crippen molar-refractivity contribution in [3.8, 4) is 0 Å². The van der Waals surface area contributed by atoms with Crippen LogP contribution in [0.3, 0.4) is 0 Å². The molecular weight excluding hydrogens is 290 g/mol. The van der Waals surface area contributed by atoms with Gasteiger partial charge in [-0.3, -0.25) is 0 Å². The standard InChI is InChI=1S/C15H34NO.BrH/c1-4-7-10-13-16(14-15-17,11-8-5-2)12-9-6-3;/h17H,4-15H2,1-3H3;1H/q+1;/p-1. The fourth-order valence-electron chi connectivity index (χ4n) is 2.57. The van der Waals surface area contributed by atoms with Crippen molar-refractivity contribution in [1.82, 2.24) is 0 Å². The summed E-state index contributed by atoms with van der Waals surface area (Å²) >= 11 is 0. The van der Waals surface area contributed by atoms with Gasteiger partial charge in [-0.15, -0.1) is 0 Å². The van der Waals surface area contributed by atoms with E-state index < -0.39 is 0 Å². The van der Waals surface area contributed by atoms with E-state index in [2.05, 4.69) is 20.8 Å². The maximum Gasteiger partial charge on any atom is 0.102 e. The Balaban J connectivity index is 0. The number of nitrogens with zero attached hydrogens (tertiary/aromatic N) is 1. The van der Waals surface area contributed by atoms with Crippen molar-refractivity contribution >= 4 is 0 Å². The Bertz CT molecular complexity index is 157. The zero-order valence-electron chi connectivity index (χ0n) is 12.8. The summed E-state index contributed by atoms with van der Waals surface area (Å²) in [5.41, 5.74) is 0. The van der Waals surface area contributed by atoms with Crippen LogP contribution in [-0.4, -0.2) is 42.4 Å². The molecule has 0 aromatic rings. The van der Waals surface area contributed by atoms with Crippen LogP contribution in [0.2, 0.25) is 0 Å². The number of quaternary nitrogens is 1. The molecule has 2 nitrogen and oxygen atoms in total. The van der Waals surface area contributed by atoms with E-state index in [9.17, 15) is 5.11 Å². The van der Waals surface area contributed by atoms with Gasteiger partial charge < -0.3 is 26.6 Å². The fraction of sp³-hybridized carbons (Fsp3) is 1.00. The molecule has 0 aliphatic heterocycles. The molecule has 112 valence electrons. The lowest BCUT2D eigenvalue weighted by molar-refractivity contribution is -0.929. The predicted octanol–water partition coefficient (Wildman–Crippen LogP) is 0.590. The third kappa shape index (κ3) is 9.35. The van der Waals surface area contributed by atoms with Gasteiger partial charge in [-0.25, -0.2) is 0 Å². The van der Waals surface area contributed by atoms with Crippen LogP contribution >= 0.6 is 0 Å². The van der Waals surface area contributed by atoms with Crippen molar-refractivity contribution in [1.29, 1.82) is 0 Å². The Kier molecular flexibility index (Phi) is 15.9. The van der Waals surface area contributed by atoms with Crippen LogP contribution in [0.25, 0.3) is 0 Å². The maximum atomic E-state index is 9.34. The van der Waals surface area contributed by atoms with Gasteiger partial charge in [0.1, 0.15) is 6.54 Å². The molecule has 0 unspecified atom stereocenters. The topological polar surface area (TPSA) is 20.2 Å². The molecule has 0 atom stereocenters. The molecule has 0 amide bonds. The fourth-order valence-corrected chi connectivity index (χ4v) is 2.57. The largest absolute Gasteiger partial charge is 1.00 e. The van der Waals surface area contributed by atoms with Crippen LogP contribution in [0.15, 0.2) is 0 Å². The van der Waals surface area contributed by atoms with Gasteiger partial charge in [0.15, 0.2) is 0 Å². The number of hydrogen-bond donors (Lipinski definition) is 1. The van der Waals surface area contributed by atoms with Gasteiger partial charge in [0.2, 0.25) is 0 Å². The van der Waals surface area contributed by atoms with E-state index in [-0.39, 0.29) is 17.0 Å². The van der Waals surface area contributed by atoms with Crippen molar-refractivity contribution in [2.24, 2.45) is 0 Å². The molecule has 0 radical (unpaired) electrons. The molecule has 1 N–H and O–H groups in total. The highest BCUT2D eigenvalue weighted by molar-refractivity contribution is 4.49. The first-order valence-electron chi connectivity index (χ1n) is 7.70. The lowest BCUT2D eigenvalue weighted by Crippen LogP contribution is -3.00. The summed E-state index contributed by atoms with van der Waals surface area (Å²) in [5.74, 6) is 0. The van der Waals surface area contributed by atoms with Crippen LogP contribution in [0.1, 0.15) is 65.7 Å². The first-order valence-corrected chi connectivity index (χ1v) is 7.70. The highest BCUT2D eigenvalue weighted by Crippen LogP contribution is 2.14. The number of aliphatic hydroxyl groups is 1. The Hall–Kier alpha value is 0.400. The minimum absolute atomic E-state index is 0. The van der Waals surface area contributed by atoms with Crippen molar-refractivity contribution in [2.75, 3.05) is 32.8 Å². The van der Waals surface area contributed by atoms with E-state index in [4.69, 9.17) is 0 Å². The molecule has 0 fully saturated rings. The molecule has 0 aliphatic rings. The second-order valence-electron chi connectivity index (χ2n) is 5.37. The van der Waals surface area contributed by atoms with Gasteiger partial charge >= 0.3 is 0 Å². The van der Waals surface area contributed by atoms with Gasteiger partial charge in [-0.05, 0) is 25.7 Å². The van der Waals surface area contributed by atoms with E-state index >= 15 is 0 Å². The van der Waals surface area contributed by atoms with Crippen LogP contribution in [0.4, 0.5) is 0 Å². The monoisotopic (exact) mass is 323 g/mol. The lowest BCUT2D eigenvalue weighted by Gasteiger charge is -2.38. The average Bonchev–Trinajstić information content (AvgIpc) is 2.34. The molecule has 0 aromatic heterocycles. The van der Waals surface area contributed by atoms with Crippen LogP contribution in [0, 0.1) is 0 Å². The van der Waals surface area contributed by atoms with E-state index in [0.717, 1.165) is 11.0 Å². The van der Waals surface area contributed by atoms with E-state index in [1.807, 2.05) is 0 Å². The van der Waals surface area contributed by atoms with Crippen molar-refractivity contribution in [3.63, 3.8) is 0 Å². The summed E-state index contributed by atoms with van der Waals surface area (Å²) in [6, 6.07) is 0. The zero-order chi connectivity index (χ0) is 13.0. The number of unbranched alkanes of at least 4 members (excludes halogenated alkanes) is 4. The number of aliphatic hydroxyl groups excluding tert-OH is 1. The van der Waals surface area contributed by atoms with Crippen molar-refractivity contribution in [3.05, 3.63) is 0 Å². The molecule has 18 heavy (non-hydrogen) atoms. The zero-order valence-corrected chi connectivity index (χ0v) is 14.3. The average molecular weight is 324 g/mol. The first-order chi connectivity index (χ1) is 8.24. The Morgan fingerprint density at radius 3 is 1.50 bits per heavy atom. The summed E-state index contributed by atoms with van der Waals surface area (Å²) < 4.78 is 1.16. The summed E-state index contributed by atoms with van der Waals surface area (Å²) in [7, 11) is 0. The van der Waals surface area contributed by atoms with Gasteiger partial charge in [0, 0.05) is 0 Å². The van der Waals surface area contributed by atoms with Crippen LogP contribution in [0.5, 0.6) is 0 Å². The van der Waals surface area contributed by atoms with Crippen molar-refractivity contribution < 1.29 is 26.6 Å². The maximum absolute atomic E-state index is 9.34.